The molecule has 0 aliphatic carbocycles. The van der Waals surface area contributed by atoms with Crippen LogP contribution in [-0.2, 0) is 14.6 Å². The third kappa shape index (κ3) is 4.94. The number of guanidine groups is 1. The molecule has 2 saturated heterocycles. The van der Waals surface area contributed by atoms with Gasteiger partial charge in [0.1, 0.15) is 0 Å². The second kappa shape index (κ2) is 7.26. The van der Waals surface area contributed by atoms with Gasteiger partial charge in [0.2, 0.25) is 0 Å². The molecule has 20 heavy (non-hydrogen) atoms. The van der Waals surface area contributed by atoms with Crippen LogP contribution in [0.3, 0.4) is 0 Å². The topological polar surface area (TPSA) is 79.8 Å². The number of aliphatic imine (C=N–C) groups is 1. The molecule has 0 aromatic rings. The summed E-state index contributed by atoms with van der Waals surface area (Å²) in [6.07, 6.45) is 4.21. The van der Waals surface area contributed by atoms with Gasteiger partial charge >= 0.3 is 0 Å². The van der Waals surface area contributed by atoms with Crippen LogP contribution in [0.15, 0.2) is 4.99 Å². The minimum Gasteiger partial charge on any atom is -0.378 e. The summed E-state index contributed by atoms with van der Waals surface area (Å²) in [7, 11) is -2.85. The van der Waals surface area contributed by atoms with E-state index in [1.54, 1.807) is 0 Å². The third-order valence-corrected chi connectivity index (χ3v) is 5.43. The number of nitrogens with one attached hydrogen (secondary N) is 2. The van der Waals surface area contributed by atoms with E-state index in [1.165, 1.54) is 0 Å². The predicted octanol–water partition coefficient (Wildman–Crippen LogP) is 0.298. The highest BCUT2D eigenvalue weighted by Crippen LogP contribution is 2.15. The first-order valence-electron chi connectivity index (χ1n) is 7.46. The van der Waals surface area contributed by atoms with Crippen LogP contribution in [0.4, 0.5) is 0 Å². The lowest BCUT2D eigenvalue weighted by Crippen LogP contribution is -2.44. The minimum atomic E-state index is -2.85. The zero-order valence-electron chi connectivity index (χ0n) is 12.1. The average Bonchev–Trinajstić information content (AvgIpc) is 2.99. The SMILES string of the molecule is CCNC(=NCCC1CCCO1)NC1CCS(=O)(=O)C1. The number of rotatable bonds is 5. The van der Waals surface area contributed by atoms with Gasteiger partial charge in [-0.15, -0.1) is 0 Å². The Hall–Kier alpha value is -0.820. The van der Waals surface area contributed by atoms with Crippen molar-refractivity contribution >= 4 is 15.8 Å². The molecule has 0 spiro atoms. The van der Waals surface area contributed by atoms with Gasteiger partial charge in [-0.3, -0.25) is 4.99 Å². The van der Waals surface area contributed by atoms with E-state index < -0.39 is 9.84 Å². The van der Waals surface area contributed by atoms with Crippen LogP contribution in [0, 0.1) is 0 Å². The van der Waals surface area contributed by atoms with Gasteiger partial charge < -0.3 is 15.4 Å². The first-order chi connectivity index (χ1) is 9.59. The maximum absolute atomic E-state index is 11.5. The summed E-state index contributed by atoms with van der Waals surface area (Å²) in [5, 5.41) is 6.38. The zero-order chi connectivity index (χ0) is 14.4. The fourth-order valence-electron chi connectivity index (χ4n) is 2.61. The van der Waals surface area contributed by atoms with Gasteiger partial charge in [0, 0.05) is 25.7 Å². The maximum Gasteiger partial charge on any atom is 0.191 e. The second-order valence-corrected chi connectivity index (χ2v) is 7.66. The summed E-state index contributed by atoms with van der Waals surface area (Å²) in [5.74, 6) is 1.20. The highest BCUT2D eigenvalue weighted by atomic mass is 32.2. The summed E-state index contributed by atoms with van der Waals surface area (Å²) < 4.78 is 28.5. The lowest BCUT2D eigenvalue weighted by molar-refractivity contribution is 0.106. The fourth-order valence-corrected chi connectivity index (χ4v) is 4.29. The summed E-state index contributed by atoms with van der Waals surface area (Å²) in [5.41, 5.74) is 0. The molecule has 0 aromatic carbocycles. The van der Waals surface area contributed by atoms with E-state index in [4.69, 9.17) is 4.74 Å². The van der Waals surface area contributed by atoms with E-state index in [9.17, 15) is 8.42 Å². The van der Waals surface area contributed by atoms with E-state index in [1.807, 2.05) is 6.92 Å². The third-order valence-electron chi connectivity index (χ3n) is 3.66. The molecule has 0 saturated carbocycles. The second-order valence-electron chi connectivity index (χ2n) is 5.43. The van der Waals surface area contributed by atoms with Gasteiger partial charge in [-0.25, -0.2) is 8.42 Å². The Bertz CT molecular complexity index is 430. The Balaban J connectivity index is 1.79. The molecule has 116 valence electrons. The highest BCUT2D eigenvalue weighted by Gasteiger charge is 2.28. The molecule has 2 fully saturated rings. The van der Waals surface area contributed by atoms with Crippen LogP contribution in [0.25, 0.3) is 0 Å². The Labute approximate surface area is 121 Å². The number of ether oxygens (including phenoxy) is 1. The molecule has 0 radical (unpaired) electrons. The van der Waals surface area contributed by atoms with Crippen molar-refractivity contribution < 1.29 is 13.2 Å². The van der Waals surface area contributed by atoms with E-state index in [-0.39, 0.29) is 17.5 Å². The summed E-state index contributed by atoms with van der Waals surface area (Å²) in [6.45, 7) is 4.35. The molecule has 2 aliphatic heterocycles. The van der Waals surface area contributed by atoms with Crippen molar-refractivity contribution in [3.05, 3.63) is 0 Å². The maximum atomic E-state index is 11.5. The van der Waals surface area contributed by atoms with Crippen LogP contribution in [0.2, 0.25) is 0 Å². The number of sulfone groups is 1. The monoisotopic (exact) mass is 303 g/mol. The molecule has 0 amide bonds. The molecule has 2 unspecified atom stereocenters. The van der Waals surface area contributed by atoms with Gasteiger partial charge in [0.15, 0.2) is 15.8 Å². The smallest absolute Gasteiger partial charge is 0.191 e. The van der Waals surface area contributed by atoms with Crippen LogP contribution in [-0.4, -0.2) is 57.7 Å². The molecule has 0 bridgehead atoms. The van der Waals surface area contributed by atoms with Gasteiger partial charge in [0.05, 0.1) is 17.6 Å². The Morgan fingerprint density at radius 2 is 2.25 bits per heavy atom. The van der Waals surface area contributed by atoms with Crippen molar-refractivity contribution in [3.63, 3.8) is 0 Å². The standard InChI is InChI=1S/C13H25N3O3S/c1-2-14-13(15-7-5-12-4-3-8-19-12)16-11-6-9-20(17,18)10-11/h11-12H,2-10H2,1H3,(H2,14,15,16). The van der Waals surface area contributed by atoms with Gasteiger partial charge in [-0.2, -0.15) is 0 Å². The molecule has 2 heterocycles. The molecule has 2 rings (SSSR count). The van der Waals surface area contributed by atoms with E-state index in [0.717, 1.165) is 32.4 Å². The lowest BCUT2D eigenvalue weighted by Gasteiger charge is -2.16. The quantitative estimate of drug-likeness (QED) is 0.564. The summed E-state index contributed by atoms with van der Waals surface area (Å²) in [6, 6.07) is -0.0134. The summed E-state index contributed by atoms with van der Waals surface area (Å²) >= 11 is 0. The Morgan fingerprint density at radius 3 is 2.85 bits per heavy atom. The first kappa shape index (κ1) is 15.6. The molecular weight excluding hydrogens is 278 g/mol. The summed E-state index contributed by atoms with van der Waals surface area (Å²) in [4.78, 5) is 4.51. The van der Waals surface area contributed by atoms with Crippen molar-refractivity contribution in [1.82, 2.24) is 10.6 Å². The average molecular weight is 303 g/mol. The van der Waals surface area contributed by atoms with Crippen molar-refractivity contribution in [2.75, 3.05) is 31.2 Å². The fraction of sp³-hybridized carbons (Fsp3) is 0.923. The molecule has 0 aromatic heterocycles. The van der Waals surface area contributed by atoms with Crippen molar-refractivity contribution in [2.24, 2.45) is 4.99 Å². The van der Waals surface area contributed by atoms with Crippen molar-refractivity contribution in [3.8, 4) is 0 Å². The Kier molecular flexibility index (Phi) is 5.65. The van der Waals surface area contributed by atoms with Crippen LogP contribution < -0.4 is 10.6 Å². The molecule has 2 N–H and O–H groups in total. The number of hydrogen-bond donors (Lipinski definition) is 2. The van der Waals surface area contributed by atoms with Gasteiger partial charge in [0.25, 0.3) is 0 Å². The molecule has 2 atom stereocenters. The van der Waals surface area contributed by atoms with E-state index >= 15 is 0 Å². The molecule has 6 nitrogen and oxygen atoms in total. The molecule has 7 heteroatoms. The number of hydrogen-bond acceptors (Lipinski definition) is 4. The van der Waals surface area contributed by atoms with Crippen molar-refractivity contribution in [2.45, 2.75) is 44.8 Å². The van der Waals surface area contributed by atoms with Crippen LogP contribution >= 0.6 is 0 Å². The normalized spacial score (nSPS) is 29.6. The Morgan fingerprint density at radius 1 is 1.40 bits per heavy atom. The number of nitrogens with zero attached hydrogens (tertiary/aromatic N) is 1. The predicted molar refractivity (Wildman–Crippen MR) is 79.8 cm³/mol. The molecular formula is C13H25N3O3S. The highest BCUT2D eigenvalue weighted by molar-refractivity contribution is 7.91. The van der Waals surface area contributed by atoms with Crippen LogP contribution in [0.1, 0.15) is 32.6 Å². The van der Waals surface area contributed by atoms with Gasteiger partial charge in [-0.1, -0.05) is 0 Å². The van der Waals surface area contributed by atoms with Crippen LogP contribution in [0.5, 0.6) is 0 Å². The largest absolute Gasteiger partial charge is 0.378 e. The van der Waals surface area contributed by atoms with Crippen molar-refractivity contribution in [1.29, 1.82) is 0 Å². The minimum absolute atomic E-state index is 0.0134. The van der Waals surface area contributed by atoms with E-state index in [2.05, 4.69) is 15.6 Å². The first-order valence-corrected chi connectivity index (χ1v) is 9.28. The molecule has 2 aliphatic rings. The van der Waals surface area contributed by atoms with Gasteiger partial charge in [-0.05, 0) is 32.6 Å². The van der Waals surface area contributed by atoms with E-state index in [0.29, 0.717) is 25.0 Å². The zero-order valence-corrected chi connectivity index (χ0v) is 12.9. The lowest BCUT2D eigenvalue weighted by atomic mass is 10.2.